The monoisotopic (exact) mass is 261 g/mol. The molecule has 100 valence electrons. The molecule has 0 aromatic rings. The molecule has 0 saturated carbocycles. The quantitative estimate of drug-likeness (QED) is 0.813. The highest BCUT2D eigenvalue weighted by molar-refractivity contribution is 5.85. The molecule has 1 amide bonds. The number of hydrogen-bond acceptors (Lipinski definition) is 3. The first-order chi connectivity index (χ1) is 7.76. The van der Waals surface area contributed by atoms with Crippen LogP contribution in [-0.2, 0) is 4.79 Å². The van der Waals surface area contributed by atoms with Crippen molar-refractivity contribution in [1.82, 2.24) is 15.1 Å². The number of amides is 1. The highest BCUT2D eigenvalue weighted by atomic mass is 35.5. The van der Waals surface area contributed by atoms with Crippen molar-refractivity contribution in [3.05, 3.63) is 0 Å². The fourth-order valence-corrected chi connectivity index (χ4v) is 3.00. The van der Waals surface area contributed by atoms with E-state index in [1.807, 2.05) is 7.05 Å². The van der Waals surface area contributed by atoms with Crippen molar-refractivity contribution in [2.24, 2.45) is 0 Å². The zero-order chi connectivity index (χ0) is 11.5. The Morgan fingerprint density at radius 1 is 1.41 bits per heavy atom. The molecule has 0 spiro atoms. The maximum Gasteiger partial charge on any atom is 0.236 e. The van der Waals surface area contributed by atoms with Gasteiger partial charge < -0.3 is 10.2 Å². The number of rotatable bonds is 3. The molecule has 2 aliphatic rings. The number of fused-ring (bicyclic) bond motifs is 1. The average Bonchev–Trinajstić information content (AvgIpc) is 2.74. The Kier molecular flexibility index (Phi) is 5.70. The number of halogens is 1. The SMILES string of the molecule is CCC1CN2CCCC2CN1C(=O)CNC.Cl. The standard InChI is InChI=1S/C12H23N3O.ClH/c1-3-10-8-14-6-4-5-11(14)9-15(10)12(16)7-13-2;/h10-11,13H,3-9H2,1-2H3;1H. The summed E-state index contributed by atoms with van der Waals surface area (Å²) in [5, 5.41) is 2.96. The highest BCUT2D eigenvalue weighted by Gasteiger charge is 2.37. The fourth-order valence-electron chi connectivity index (χ4n) is 3.00. The summed E-state index contributed by atoms with van der Waals surface area (Å²) in [6.45, 7) is 5.91. The normalized spacial score (nSPS) is 28.7. The van der Waals surface area contributed by atoms with Gasteiger partial charge in [-0.1, -0.05) is 6.92 Å². The lowest BCUT2D eigenvalue weighted by atomic mass is 10.1. The van der Waals surface area contributed by atoms with E-state index in [-0.39, 0.29) is 18.3 Å². The maximum absolute atomic E-state index is 12.0. The second kappa shape index (κ2) is 6.57. The zero-order valence-electron chi connectivity index (χ0n) is 10.8. The molecule has 17 heavy (non-hydrogen) atoms. The van der Waals surface area contributed by atoms with E-state index in [0.29, 0.717) is 18.6 Å². The van der Waals surface area contributed by atoms with Crippen LogP contribution in [0.3, 0.4) is 0 Å². The summed E-state index contributed by atoms with van der Waals surface area (Å²) in [5.41, 5.74) is 0. The zero-order valence-corrected chi connectivity index (χ0v) is 11.6. The first-order valence-electron chi connectivity index (χ1n) is 6.44. The maximum atomic E-state index is 12.0. The number of piperazine rings is 1. The van der Waals surface area contributed by atoms with Crippen LogP contribution in [0, 0.1) is 0 Å². The molecule has 0 bridgehead atoms. The van der Waals surface area contributed by atoms with Crippen LogP contribution in [0.5, 0.6) is 0 Å². The molecule has 0 aromatic heterocycles. The van der Waals surface area contributed by atoms with Gasteiger partial charge >= 0.3 is 0 Å². The van der Waals surface area contributed by atoms with Gasteiger partial charge in [0.15, 0.2) is 0 Å². The van der Waals surface area contributed by atoms with Gasteiger partial charge in [0.25, 0.3) is 0 Å². The van der Waals surface area contributed by atoms with E-state index in [1.165, 1.54) is 19.4 Å². The molecule has 2 fully saturated rings. The predicted octanol–water partition coefficient (Wildman–Crippen LogP) is 0.713. The Bertz CT molecular complexity index is 262. The summed E-state index contributed by atoms with van der Waals surface area (Å²) in [4.78, 5) is 16.7. The molecule has 4 nitrogen and oxygen atoms in total. The molecule has 2 unspecified atom stereocenters. The second-order valence-electron chi connectivity index (χ2n) is 4.93. The van der Waals surface area contributed by atoms with E-state index < -0.39 is 0 Å². The number of likely N-dealkylation sites (N-methyl/N-ethyl adjacent to an activating group) is 1. The lowest BCUT2D eigenvalue weighted by Gasteiger charge is -2.43. The molecule has 0 aromatic carbocycles. The van der Waals surface area contributed by atoms with Crippen LogP contribution in [0.15, 0.2) is 0 Å². The molecule has 5 heteroatoms. The van der Waals surface area contributed by atoms with Crippen molar-refractivity contribution in [3.63, 3.8) is 0 Å². The first-order valence-corrected chi connectivity index (χ1v) is 6.44. The van der Waals surface area contributed by atoms with Crippen LogP contribution < -0.4 is 5.32 Å². The first kappa shape index (κ1) is 14.7. The molecule has 2 heterocycles. The Balaban J connectivity index is 0.00000144. The summed E-state index contributed by atoms with van der Waals surface area (Å²) in [6, 6.07) is 1.05. The van der Waals surface area contributed by atoms with Gasteiger partial charge in [0.05, 0.1) is 6.54 Å². The van der Waals surface area contributed by atoms with Crippen molar-refractivity contribution in [3.8, 4) is 0 Å². The van der Waals surface area contributed by atoms with Crippen molar-refractivity contribution in [2.75, 3.05) is 33.2 Å². The van der Waals surface area contributed by atoms with Crippen LogP contribution in [0.4, 0.5) is 0 Å². The van der Waals surface area contributed by atoms with E-state index in [1.54, 1.807) is 0 Å². The van der Waals surface area contributed by atoms with Crippen molar-refractivity contribution < 1.29 is 4.79 Å². The van der Waals surface area contributed by atoms with Crippen molar-refractivity contribution >= 4 is 18.3 Å². The highest BCUT2D eigenvalue weighted by Crippen LogP contribution is 2.25. The number of carbonyl (C=O) groups excluding carboxylic acids is 1. The molecule has 2 saturated heterocycles. The molecular weight excluding hydrogens is 238 g/mol. The van der Waals surface area contributed by atoms with Crippen LogP contribution >= 0.6 is 12.4 Å². The van der Waals surface area contributed by atoms with Crippen molar-refractivity contribution in [1.29, 1.82) is 0 Å². The number of carbonyl (C=O) groups is 1. The second-order valence-corrected chi connectivity index (χ2v) is 4.93. The van der Waals surface area contributed by atoms with Crippen LogP contribution in [0.2, 0.25) is 0 Å². The lowest BCUT2D eigenvalue weighted by Crippen LogP contribution is -2.58. The third kappa shape index (κ3) is 3.12. The van der Waals surface area contributed by atoms with Crippen LogP contribution in [0.1, 0.15) is 26.2 Å². The molecule has 2 rings (SSSR count). The molecule has 1 N–H and O–H groups in total. The topological polar surface area (TPSA) is 35.6 Å². The van der Waals surface area contributed by atoms with Gasteiger partial charge in [0.2, 0.25) is 5.91 Å². The summed E-state index contributed by atoms with van der Waals surface area (Å²) < 4.78 is 0. The van der Waals surface area contributed by atoms with Gasteiger partial charge in [-0.2, -0.15) is 0 Å². The lowest BCUT2D eigenvalue weighted by molar-refractivity contribution is -0.136. The Morgan fingerprint density at radius 2 is 2.18 bits per heavy atom. The smallest absolute Gasteiger partial charge is 0.236 e. The van der Waals surface area contributed by atoms with Gasteiger partial charge in [-0.3, -0.25) is 9.69 Å². The third-order valence-electron chi connectivity index (χ3n) is 3.91. The Morgan fingerprint density at radius 3 is 2.82 bits per heavy atom. The van der Waals surface area contributed by atoms with E-state index in [0.717, 1.165) is 19.5 Å². The number of nitrogens with one attached hydrogen (secondary N) is 1. The fraction of sp³-hybridized carbons (Fsp3) is 0.917. The van der Waals surface area contributed by atoms with Crippen LogP contribution in [0.25, 0.3) is 0 Å². The number of hydrogen-bond donors (Lipinski definition) is 1. The molecular formula is C12H24ClN3O. The minimum Gasteiger partial charge on any atom is -0.336 e. The summed E-state index contributed by atoms with van der Waals surface area (Å²) in [5.74, 6) is 0.265. The summed E-state index contributed by atoms with van der Waals surface area (Å²) >= 11 is 0. The van der Waals surface area contributed by atoms with Crippen molar-refractivity contribution in [2.45, 2.75) is 38.3 Å². The van der Waals surface area contributed by atoms with Gasteiger partial charge in [-0.05, 0) is 32.9 Å². The molecule has 2 aliphatic heterocycles. The molecule has 0 aliphatic carbocycles. The molecule has 2 atom stereocenters. The van der Waals surface area contributed by atoms with E-state index >= 15 is 0 Å². The largest absolute Gasteiger partial charge is 0.336 e. The molecule has 0 radical (unpaired) electrons. The van der Waals surface area contributed by atoms with E-state index in [9.17, 15) is 4.79 Å². The minimum absolute atomic E-state index is 0. The van der Waals surface area contributed by atoms with Gasteiger partial charge in [0.1, 0.15) is 0 Å². The summed E-state index contributed by atoms with van der Waals surface area (Å²) in [7, 11) is 1.84. The van der Waals surface area contributed by atoms with Crippen LogP contribution in [-0.4, -0.2) is 61.0 Å². The van der Waals surface area contributed by atoms with Gasteiger partial charge in [0, 0.05) is 25.2 Å². The summed E-state index contributed by atoms with van der Waals surface area (Å²) in [6.07, 6.45) is 3.63. The Hall–Kier alpha value is -0.320. The average molecular weight is 262 g/mol. The van der Waals surface area contributed by atoms with E-state index in [2.05, 4.69) is 22.0 Å². The minimum atomic E-state index is 0. The number of nitrogens with zero attached hydrogens (tertiary/aromatic N) is 2. The van der Waals surface area contributed by atoms with Gasteiger partial charge in [-0.25, -0.2) is 0 Å². The van der Waals surface area contributed by atoms with E-state index in [4.69, 9.17) is 0 Å². The Labute approximate surface area is 110 Å². The third-order valence-corrected chi connectivity index (χ3v) is 3.91. The predicted molar refractivity (Wildman–Crippen MR) is 71.6 cm³/mol. The van der Waals surface area contributed by atoms with Gasteiger partial charge in [-0.15, -0.1) is 12.4 Å².